The molecule has 2 aromatic carbocycles. The van der Waals surface area contributed by atoms with Crippen LogP contribution >= 0.6 is 0 Å². The predicted octanol–water partition coefficient (Wildman–Crippen LogP) is 3.92. The quantitative estimate of drug-likeness (QED) is 0.777. The third kappa shape index (κ3) is 4.13. The van der Waals surface area contributed by atoms with Crippen molar-refractivity contribution in [2.24, 2.45) is 0 Å². The minimum Gasteiger partial charge on any atom is -0.497 e. The predicted molar refractivity (Wildman–Crippen MR) is 84.4 cm³/mol. The van der Waals surface area contributed by atoms with E-state index in [4.69, 9.17) is 14.2 Å². The van der Waals surface area contributed by atoms with E-state index in [2.05, 4.69) is 6.07 Å². The van der Waals surface area contributed by atoms with E-state index in [1.807, 2.05) is 0 Å². The first-order valence-electron chi connectivity index (χ1n) is 7.18. The van der Waals surface area contributed by atoms with Gasteiger partial charge in [-0.3, -0.25) is 0 Å². The lowest BCUT2D eigenvalue weighted by atomic mass is 9.96. The molecule has 0 saturated carbocycles. The zero-order valence-corrected chi connectivity index (χ0v) is 13.1. The molecule has 1 atom stereocenters. The lowest BCUT2D eigenvalue weighted by molar-refractivity contribution is 0.290. The Kier molecular flexibility index (Phi) is 5.81. The van der Waals surface area contributed by atoms with Crippen LogP contribution in [-0.4, -0.2) is 20.8 Å². The molecule has 0 heterocycles. The number of hydrogen-bond donors (Lipinski definition) is 0. The van der Waals surface area contributed by atoms with Gasteiger partial charge < -0.3 is 14.2 Å². The maximum atomic E-state index is 13.5. The zero-order chi connectivity index (χ0) is 16.7. The van der Waals surface area contributed by atoms with Gasteiger partial charge in [0, 0.05) is 12.0 Å². The monoisotopic (exact) mass is 315 g/mol. The Labute approximate surface area is 135 Å². The second-order valence-electron chi connectivity index (χ2n) is 4.86. The first-order chi connectivity index (χ1) is 11.2. The van der Waals surface area contributed by atoms with E-state index in [9.17, 15) is 9.65 Å². The second-order valence-corrected chi connectivity index (χ2v) is 4.86. The molecule has 0 aliphatic heterocycles. The van der Waals surface area contributed by atoms with Gasteiger partial charge in [-0.25, -0.2) is 4.39 Å². The Morgan fingerprint density at radius 3 is 2.52 bits per heavy atom. The molecule has 0 aliphatic carbocycles. The Morgan fingerprint density at radius 2 is 1.87 bits per heavy atom. The summed E-state index contributed by atoms with van der Waals surface area (Å²) in [6, 6.07) is 13.7. The third-order valence-corrected chi connectivity index (χ3v) is 3.47. The second kappa shape index (κ2) is 8.04. The molecule has 0 amide bonds. The molecule has 2 aromatic rings. The van der Waals surface area contributed by atoms with E-state index in [1.165, 1.54) is 6.07 Å². The summed E-state index contributed by atoms with van der Waals surface area (Å²) in [7, 11) is 3.11. The highest BCUT2D eigenvalue weighted by molar-refractivity contribution is 5.44. The molecule has 0 fully saturated rings. The third-order valence-electron chi connectivity index (χ3n) is 3.47. The molecule has 0 bridgehead atoms. The number of hydrogen-bond acceptors (Lipinski definition) is 4. The van der Waals surface area contributed by atoms with Gasteiger partial charge in [-0.05, 0) is 30.3 Å². The van der Waals surface area contributed by atoms with Crippen molar-refractivity contribution in [2.75, 3.05) is 20.8 Å². The fourth-order valence-corrected chi connectivity index (χ4v) is 2.25. The SMILES string of the molecule is COc1ccc(OC)c(C(C#N)CCOc2ccccc2F)c1. The van der Waals surface area contributed by atoms with Crippen LogP contribution < -0.4 is 14.2 Å². The summed E-state index contributed by atoms with van der Waals surface area (Å²) < 4.78 is 29.4. The van der Waals surface area contributed by atoms with Gasteiger partial charge >= 0.3 is 0 Å². The molecular weight excluding hydrogens is 297 g/mol. The highest BCUT2D eigenvalue weighted by atomic mass is 19.1. The van der Waals surface area contributed by atoms with Crippen molar-refractivity contribution < 1.29 is 18.6 Å². The number of nitrogens with zero attached hydrogens (tertiary/aromatic N) is 1. The van der Waals surface area contributed by atoms with E-state index >= 15 is 0 Å². The highest BCUT2D eigenvalue weighted by Gasteiger charge is 2.17. The van der Waals surface area contributed by atoms with E-state index in [1.54, 1.807) is 50.6 Å². The van der Waals surface area contributed by atoms with Crippen LogP contribution in [0.15, 0.2) is 42.5 Å². The molecule has 120 valence electrons. The van der Waals surface area contributed by atoms with Gasteiger partial charge in [-0.15, -0.1) is 0 Å². The summed E-state index contributed by atoms with van der Waals surface area (Å²) in [4.78, 5) is 0. The summed E-state index contributed by atoms with van der Waals surface area (Å²) in [5, 5.41) is 9.44. The molecule has 0 N–H and O–H groups in total. The minimum atomic E-state index is -0.438. The van der Waals surface area contributed by atoms with E-state index < -0.39 is 11.7 Å². The van der Waals surface area contributed by atoms with E-state index in [0.29, 0.717) is 17.9 Å². The molecule has 0 aliphatic rings. The fourth-order valence-electron chi connectivity index (χ4n) is 2.25. The summed E-state index contributed by atoms with van der Waals surface area (Å²) >= 11 is 0. The Bertz CT molecular complexity index is 697. The van der Waals surface area contributed by atoms with Crippen LogP contribution in [0.5, 0.6) is 17.2 Å². The fraction of sp³-hybridized carbons (Fsp3) is 0.278. The molecule has 2 rings (SSSR count). The van der Waals surface area contributed by atoms with Crippen LogP contribution in [0.3, 0.4) is 0 Å². The molecule has 0 aromatic heterocycles. The summed E-state index contributed by atoms with van der Waals surface area (Å²) in [5.74, 6) is 0.591. The molecule has 0 spiro atoms. The average molecular weight is 315 g/mol. The van der Waals surface area contributed by atoms with Crippen molar-refractivity contribution in [2.45, 2.75) is 12.3 Å². The lowest BCUT2D eigenvalue weighted by Crippen LogP contribution is -2.07. The Morgan fingerprint density at radius 1 is 1.09 bits per heavy atom. The van der Waals surface area contributed by atoms with Crippen molar-refractivity contribution in [1.29, 1.82) is 5.26 Å². The summed E-state index contributed by atoms with van der Waals surface area (Å²) in [5.41, 5.74) is 0.728. The maximum absolute atomic E-state index is 13.5. The minimum absolute atomic E-state index is 0.182. The van der Waals surface area contributed by atoms with Gasteiger partial charge in [0.1, 0.15) is 11.5 Å². The van der Waals surface area contributed by atoms with Crippen molar-refractivity contribution in [3.63, 3.8) is 0 Å². The molecule has 0 saturated heterocycles. The molecular formula is C18H18FNO3. The lowest BCUT2D eigenvalue weighted by Gasteiger charge is -2.15. The van der Waals surface area contributed by atoms with Gasteiger partial charge in [0.2, 0.25) is 0 Å². The van der Waals surface area contributed by atoms with Crippen LogP contribution in [0.4, 0.5) is 4.39 Å². The first kappa shape index (κ1) is 16.6. The normalized spacial score (nSPS) is 11.4. The van der Waals surface area contributed by atoms with Crippen LogP contribution in [0.1, 0.15) is 17.9 Å². The number of rotatable bonds is 7. The van der Waals surface area contributed by atoms with Crippen LogP contribution in [0.2, 0.25) is 0 Å². The molecule has 5 heteroatoms. The number of nitriles is 1. The average Bonchev–Trinajstić information content (AvgIpc) is 2.59. The van der Waals surface area contributed by atoms with Gasteiger partial charge in [0.25, 0.3) is 0 Å². The van der Waals surface area contributed by atoms with Gasteiger partial charge in [-0.1, -0.05) is 12.1 Å². The van der Waals surface area contributed by atoms with E-state index in [0.717, 1.165) is 5.56 Å². The molecule has 1 unspecified atom stereocenters. The van der Waals surface area contributed by atoms with E-state index in [-0.39, 0.29) is 12.4 Å². The van der Waals surface area contributed by atoms with Crippen LogP contribution in [0, 0.1) is 17.1 Å². The Hall–Kier alpha value is -2.74. The first-order valence-corrected chi connectivity index (χ1v) is 7.18. The molecule has 4 nitrogen and oxygen atoms in total. The van der Waals surface area contributed by atoms with Crippen molar-refractivity contribution in [3.05, 3.63) is 53.8 Å². The maximum Gasteiger partial charge on any atom is 0.165 e. The molecule has 23 heavy (non-hydrogen) atoms. The van der Waals surface area contributed by atoms with Gasteiger partial charge in [-0.2, -0.15) is 5.26 Å². The molecule has 0 radical (unpaired) electrons. The van der Waals surface area contributed by atoms with Crippen molar-refractivity contribution in [3.8, 4) is 23.3 Å². The number of benzene rings is 2. The zero-order valence-electron chi connectivity index (χ0n) is 13.1. The number of para-hydroxylation sites is 1. The number of methoxy groups -OCH3 is 2. The highest BCUT2D eigenvalue weighted by Crippen LogP contribution is 2.32. The summed E-state index contributed by atoms with van der Waals surface area (Å²) in [6.07, 6.45) is 0.411. The standard InChI is InChI=1S/C18H18FNO3/c1-21-14-7-8-17(22-2)15(11-14)13(12-20)9-10-23-18-6-4-3-5-16(18)19/h3-8,11,13H,9-10H2,1-2H3. The van der Waals surface area contributed by atoms with Gasteiger partial charge in [0.05, 0.1) is 32.8 Å². The van der Waals surface area contributed by atoms with Crippen LogP contribution in [-0.2, 0) is 0 Å². The number of halogens is 1. The van der Waals surface area contributed by atoms with Crippen LogP contribution in [0.25, 0.3) is 0 Å². The smallest absolute Gasteiger partial charge is 0.165 e. The Balaban J connectivity index is 2.08. The number of ether oxygens (including phenoxy) is 3. The van der Waals surface area contributed by atoms with Crippen molar-refractivity contribution in [1.82, 2.24) is 0 Å². The topological polar surface area (TPSA) is 51.5 Å². The van der Waals surface area contributed by atoms with Gasteiger partial charge in [0.15, 0.2) is 11.6 Å². The summed E-state index contributed by atoms with van der Waals surface area (Å²) in [6.45, 7) is 0.222. The van der Waals surface area contributed by atoms with Crippen molar-refractivity contribution >= 4 is 0 Å². The largest absolute Gasteiger partial charge is 0.497 e.